The number of nitrogens with zero attached hydrogens (tertiary/aromatic N) is 4. The first kappa shape index (κ1) is 15.2. The summed E-state index contributed by atoms with van der Waals surface area (Å²) in [7, 11) is 0. The summed E-state index contributed by atoms with van der Waals surface area (Å²) in [6, 6.07) is 0.195. The topological polar surface area (TPSA) is 77.0 Å². The molecule has 1 aromatic rings. The van der Waals surface area contributed by atoms with Crippen LogP contribution < -0.4 is 5.73 Å². The summed E-state index contributed by atoms with van der Waals surface area (Å²) in [4.78, 5) is 14.2. The molecule has 2 rings (SSSR count). The van der Waals surface area contributed by atoms with Gasteiger partial charge in [-0.3, -0.25) is 9.36 Å². The number of nitrogens with two attached hydrogens (primary N) is 1. The fraction of sp³-hybridized carbons (Fsp3) is 0.769. The molecule has 7 heteroatoms. The average Bonchev–Trinajstić information content (AvgIpc) is 2.64. The van der Waals surface area contributed by atoms with Gasteiger partial charge in [0.15, 0.2) is 5.16 Å². The number of thioether (sulfide) groups is 1. The fourth-order valence-electron chi connectivity index (χ4n) is 2.41. The molecule has 0 aromatic carbocycles. The molecule has 1 aromatic heterocycles. The van der Waals surface area contributed by atoms with Gasteiger partial charge in [-0.1, -0.05) is 24.6 Å². The average molecular weight is 297 g/mol. The highest BCUT2D eigenvalue weighted by atomic mass is 32.2. The van der Waals surface area contributed by atoms with Crippen LogP contribution in [0.5, 0.6) is 0 Å². The fourth-order valence-corrected chi connectivity index (χ4v) is 3.39. The van der Waals surface area contributed by atoms with Gasteiger partial charge in [0.05, 0.1) is 5.75 Å². The Kier molecular flexibility index (Phi) is 5.28. The summed E-state index contributed by atoms with van der Waals surface area (Å²) >= 11 is 1.42. The number of rotatable bonds is 4. The molecule has 0 saturated carbocycles. The Morgan fingerprint density at radius 1 is 1.25 bits per heavy atom. The number of hydrogen-bond donors (Lipinski definition) is 1. The predicted octanol–water partition coefficient (Wildman–Crippen LogP) is 1.94. The lowest BCUT2D eigenvalue weighted by Crippen LogP contribution is -2.33. The molecule has 6 nitrogen and oxygen atoms in total. The molecule has 2 N–H and O–H groups in total. The van der Waals surface area contributed by atoms with Gasteiger partial charge in [0.1, 0.15) is 0 Å². The highest BCUT2D eigenvalue weighted by Gasteiger charge is 2.18. The van der Waals surface area contributed by atoms with Gasteiger partial charge in [0.25, 0.3) is 0 Å². The van der Waals surface area contributed by atoms with E-state index in [4.69, 9.17) is 5.73 Å². The minimum absolute atomic E-state index is 0.189. The summed E-state index contributed by atoms with van der Waals surface area (Å²) in [5.41, 5.74) is 5.79. The molecule has 1 aliphatic heterocycles. The maximum atomic E-state index is 12.2. The molecule has 0 aliphatic carbocycles. The number of carbonyl (C=O) groups excluding carboxylic acids is 1. The van der Waals surface area contributed by atoms with Crippen molar-refractivity contribution in [2.75, 3.05) is 24.6 Å². The third kappa shape index (κ3) is 3.65. The molecule has 112 valence electrons. The molecule has 20 heavy (non-hydrogen) atoms. The number of amides is 1. The maximum absolute atomic E-state index is 12.2. The normalized spacial score (nSPS) is 16.4. The molecule has 1 saturated heterocycles. The lowest BCUT2D eigenvalue weighted by atomic mass is 10.2. The van der Waals surface area contributed by atoms with Gasteiger partial charge in [-0.05, 0) is 26.7 Å². The van der Waals surface area contributed by atoms with Gasteiger partial charge in [0.2, 0.25) is 11.9 Å². The predicted molar refractivity (Wildman–Crippen MR) is 80.6 cm³/mol. The number of carbonyl (C=O) groups is 1. The van der Waals surface area contributed by atoms with Crippen LogP contribution in [0.25, 0.3) is 0 Å². The maximum Gasteiger partial charge on any atom is 0.233 e. The summed E-state index contributed by atoms with van der Waals surface area (Å²) in [6.07, 6.45) is 4.70. The minimum Gasteiger partial charge on any atom is -0.368 e. The van der Waals surface area contributed by atoms with Crippen molar-refractivity contribution >= 4 is 23.6 Å². The summed E-state index contributed by atoms with van der Waals surface area (Å²) < 4.78 is 1.86. The van der Waals surface area contributed by atoms with E-state index in [-0.39, 0.29) is 11.9 Å². The highest BCUT2D eigenvalue weighted by Crippen LogP contribution is 2.23. The molecule has 0 atom stereocenters. The van der Waals surface area contributed by atoms with E-state index in [2.05, 4.69) is 10.2 Å². The second-order valence-electron chi connectivity index (χ2n) is 5.39. The summed E-state index contributed by atoms with van der Waals surface area (Å²) in [5.74, 6) is 1.00. The van der Waals surface area contributed by atoms with E-state index in [0.717, 1.165) is 31.1 Å². The Hall–Kier alpha value is -1.24. The lowest BCUT2D eigenvalue weighted by molar-refractivity contribution is -0.128. The van der Waals surface area contributed by atoms with Crippen LogP contribution in [-0.4, -0.2) is 44.4 Å². The Morgan fingerprint density at radius 2 is 1.90 bits per heavy atom. The van der Waals surface area contributed by atoms with Gasteiger partial charge < -0.3 is 10.6 Å². The number of nitrogen functional groups attached to an aromatic ring is 1. The molecular weight excluding hydrogens is 274 g/mol. The molecule has 2 heterocycles. The number of hydrogen-bond acceptors (Lipinski definition) is 5. The van der Waals surface area contributed by atoms with E-state index in [9.17, 15) is 4.79 Å². The van der Waals surface area contributed by atoms with Gasteiger partial charge in [-0.25, -0.2) is 0 Å². The van der Waals surface area contributed by atoms with Crippen molar-refractivity contribution in [3.8, 4) is 0 Å². The van der Waals surface area contributed by atoms with Crippen LogP contribution in [0.2, 0.25) is 0 Å². The molecule has 0 radical (unpaired) electrons. The zero-order chi connectivity index (χ0) is 14.5. The first-order valence-electron chi connectivity index (χ1n) is 7.20. The number of aromatic nitrogens is 3. The standard InChI is InChI=1S/C13H23N5OS/c1-10(2)18-12(14)15-16-13(18)20-9-11(19)17-7-5-3-4-6-8-17/h10H,3-9H2,1-2H3,(H2,14,15). The van der Waals surface area contributed by atoms with E-state index in [1.165, 1.54) is 24.6 Å². The van der Waals surface area contributed by atoms with Crippen LogP contribution in [-0.2, 0) is 4.79 Å². The van der Waals surface area contributed by atoms with E-state index in [1.807, 2.05) is 23.3 Å². The van der Waals surface area contributed by atoms with Crippen LogP contribution in [0.3, 0.4) is 0 Å². The smallest absolute Gasteiger partial charge is 0.233 e. The summed E-state index contributed by atoms with van der Waals surface area (Å²) in [5, 5.41) is 8.66. The van der Waals surface area contributed by atoms with E-state index in [1.54, 1.807) is 0 Å². The molecule has 1 aliphatic rings. The third-order valence-corrected chi connectivity index (χ3v) is 4.42. The first-order chi connectivity index (χ1) is 9.59. The molecule has 0 unspecified atom stereocenters. The molecular formula is C13H23N5OS. The third-order valence-electron chi connectivity index (χ3n) is 3.49. The second kappa shape index (κ2) is 6.97. The molecule has 1 amide bonds. The molecule has 1 fully saturated rings. The van der Waals surface area contributed by atoms with Crippen molar-refractivity contribution in [1.82, 2.24) is 19.7 Å². The van der Waals surface area contributed by atoms with Crippen molar-refractivity contribution in [3.05, 3.63) is 0 Å². The molecule has 0 bridgehead atoms. The van der Waals surface area contributed by atoms with Crippen LogP contribution in [0.1, 0.15) is 45.6 Å². The van der Waals surface area contributed by atoms with Crippen molar-refractivity contribution in [1.29, 1.82) is 0 Å². The number of anilines is 1. The largest absolute Gasteiger partial charge is 0.368 e. The van der Waals surface area contributed by atoms with Crippen LogP contribution >= 0.6 is 11.8 Å². The van der Waals surface area contributed by atoms with Crippen LogP contribution in [0.15, 0.2) is 5.16 Å². The van der Waals surface area contributed by atoms with Crippen molar-refractivity contribution in [3.63, 3.8) is 0 Å². The second-order valence-corrected chi connectivity index (χ2v) is 6.33. The highest BCUT2D eigenvalue weighted by molar-refractivity contribution is 7.99. The zero-order valence-corrected chi connectivity index (χ0v) is 13.0. The van der Waals surface area contributed by atoms with Crippen molar-refractivity contribution in [2.45, 2.75) is 50.7 Å². The Balaban J connectivity index is 1.93. The first-order valence-corrected chi connectivity index (χ1v) is 8.19. The quantitative estimate of drug-likeness (QED) is 0.859. The van der Waals surface area contributed by atoms with Crippen molar-refractivity contribution in [2.24, 2.45) is 0 Å². The van der Waals surface area contributed by atoms with Gasteiger partial charge in [-0.2, -0.15) is 0 Å². The van der Waals surface area contributed by atoms with Crippen LogP contribution in [0, 0.1) is 0 Å². The Bertz CT molecular complexity index is 452. The van der Waals surface area contributed by atoms with Gasteiger partial charge >= 0.3 is 0 Å². The minimum atomic E-state index is 0.189. The van der Waals surface area contributed by atoms with E-state index >= 15 is 0 Å². The van der Waals surface area contributed by atoms with Crippen molar-refractivity contribution < 1.29 is 4.79 Å². The van der Waals surface area contributed by atoms with E-state index < -0.39 is 0 Å². The monoisotopic (exact) mass is 297 g/mol. The van der Waals surface area contributed by atoms with Gasteiger partial charge in [-0.15, -0.1) is 10.2 Å². The number of likely N-dealkylation sites (tertiary alicyclic amines) is 1. The summed E-state index contributed by atoms with van der Waals surface area (Å²) in [6.45, 7) is 5.83. The molecule has 0 spiro atoms. The van der Waals surface area contributed by atoms with Gasteiger partial charge in [0, 0.05) is 19.1 Å². The Labute approximate surface area is 124 Å². The zero-order valence-electron chi connectivity index (χ0n) is 12.2. The Morgan fingerprint density at radius 3 is 2.50 bits per heavy atom. The van der Waals surface area contributed by atoms with Crippen LogP contribution in [0.4, 0.5) is 5.95 Å². The SMILES string of the molecule is CC(C)n1c(N)nnc1SCC(=O)N1CCCCCC1. The lowest BCUT2D eigenvalue weighted by Gasteiger charge is -2.20. The van der Waals surface area contributed by atoms with E-state index in [0.29, 0.717) is 11.7 Å².